The summed E-state index contributed by atoms with van der Waals surface area (Å²) in [6.45, 7) is 4.65. The fourth-order valence-electron chi connectivity index (χ4n) is 0.991. The molecule has 0 N–H and O–H groups in total. The molecule has 0 saturated carbocycles. The molecular formula is C11H16ClNO2. The number of hydrogen-bond donors (Lipinski definition) is 0. The van der Waals surface area contributed by atoms with Crippen molar-refractivity contribution in [2.75, 3.05) is 13.7 Å². The van der Waals surface area contributed by atoms with E-state index in [0.717, 1.165) is 12.2 Å². The Hall–Kier alpha value is -0.800. The average molecular weight is 230 g/mol. The topological polar surface area (TPSA) is 31.4 Å². The summed E-state index contributed by atoms with van der Waals surface area (Å²) in [5, 5.41) is 0.443. The van der Waals surface area contributed by atoms with Crippen LogP contribution in [0.3, 0.4) is 0 Å². The largest absolute Gasteiger partial charge is 0.493 e. The first-order valence-corrected chi connectivity index (χ1v) is 5.21. The first kappa shape index (κ1) is 12.3. The minimum Gasteiger partial charge on any atom is -0.493 e. The molecule has 0 aliphatic rings. The van der Waals surface area contributed by atoms with Crippen LogP contribution in [0, 0.1) is 0 Å². The Morgan fingerprint density at radius 1 is 1.47 bits per heavy atom. The third-order valence-corrected chi connectivity index (χ3v) is 2.43. The van der Waals surface area contributed by atoms with Crippen molar-refractivity contribution in [3.05, 3.63) is 23.5 Å². The quantitative estimate of drug-likeness (QED) is 0.728. The van der Waals surface area contributed by atoms with Gasteiger partial charge in [-0.3, -0.25) is 0 Å². The van der Waals surface area contributed by atoms with E-state index in [1.165, 1.54) is 0 Å². The van der Waals surface area contributed by atoms with Crippen LogP contribution in [-0.2, 0) is 4.74 Å². The number of nitrogens with zero attached hydrogens (tertiary/aromatic N) is 1. The van der Waals surface area contributed by atoms with Crippen molar-refractivity contribution in [2.24, 2.45) is 0 Å². The third kappa shape index (κ3) is 4.49. The molecule has 0 aromatic carbocycles. The minimum absolute atomic E-state index is 0.156. The zero-order chi connectivity index (χ0) is 11.3. The van der Waals surface area contributed by atoms with E-state index in [1.807, 2.05) is 13.8 Å². The molecule has 1 heterocycles. The van der Waals surface area contributed by atoms with E-state index in [1.54, 1.807) is 25.4 Å². The second kappa shape index (κ2) is 5.33. The van der Waals surface area contributed by atoms with Crippen LogP contribution in [0.4, 0.5) is 0 Å². The lowest BCUT2D eigenvalue weighted by Crippen LogP contribution is -2.25. The van der Waals surface area contributed by atoms with E-state index in [4.69, 9.17) is 21.1 Å². The van der Waals surface area contributed by atoms with E-state index < -0.39 is 0 Å². The Bertz CT molecular complexity index is 315. The predicted molar refractivity (Wildman–Crippen MR) is 60.4 cm³/mol. The summed E-state index contributed by atoms with van der Waals surface area (Å²) in [6, 6.07) is 3.48. The van der Waals surface area contributed by atoms with Crippen LogP contribution in [0.5, 0.6) is 5.75 Å². The lowest BCUT2D eigenvalue weighted by molar-refractivity contribution is 0.00545. The molecule has 0 atom stereocenters. The van der Waals surface area contributed by atoms with Gasteiger partial charge in [-0.2, -0.15) is 0 Å². The minimum atomic E-state index is -0.156. The Morgan fingerprint density at radius 3 is 2.80 bits per heavy atom. The van der Waals surface area contributed by atoms with Crippen LogP contribution in [0.1, 0.15) is 20.3 Å². The molecule has 0 radical (unpaired) electrons. The summed E-state index contributed by atoms with van der Waals surface area (Å²) in [4.78, 5) is 3.87. The maximum absolute atomic E-state index is 5.73. The second-order valence-electron chi connectivity index (χ2n) is 3.88. The molecule has 1 aromatic rings. The first-order chi connectivity index (χ1) is 7.03. The summed E-state index contributed by atoms with van der Waals surface area (Å²) >= 11 is 5.73. The highest BCUT2D eigenvalue weighted by atomic mass is 35.5. The molecule has 0 aliphatic heterocycles. The van der Waals surface area contributed by atoms with Gasteiger partial charge in [0, 0.05) is 25.8 Å². The molecule has 4 heteroatoms. The lowest BCUT2D eigenvalue weighted by atomic mass is 10.1. The van der Waals surface area contributed by atoms with Gasteiger partial charge in [0.2, 0.25) is 0 Å². The molecule has 0 amide bonds. The van der Waals surface area contributed by atoms with Gasteiger partial charge in [0.1, 0.15) is 10.9 Å². The SMILES string of the molecule is COC(C)(C)CCOc1ccnc(Cl)c1. The average Bonchev–Trinajstić information content (AvgIpc) is 2.18. The summed E-state index contributed by atoms with van der Waals surface area (Å²) in [5.74, 6) is 0.738. The first-order valence-electron chi connectivity index (χ1n) is 4.83. The van der Waals surface area contributed by atoms with Crippen molar-refractivity contribution < 1.29 is 9.47 Å². The second-order valence-corrected chi connectivity index (χ2v) is 4.26. The van der Waals surface area contributed by atoms with Crippen molar-refractivity contribution in [3.8, 4) is 5.75 Å². The molecule has 0 aliphatic carbocycles. The number of halogens is 1. The van der Waals surface area contributed by atoms with Gasteiger partial charge in [0.25, 0.3) is 0 Å². The van der Waals surface area contributed by atoms with Gasteiger partial charge in [-0.1, -0.05) is 11.6 Å². The highest BCUT2D eigenvalue weighted by Crippen LogP contribution is 2.17. The lowest BCUT2D eigenvalue weighted by Gasteiger charge is -2.22. The molecular weight excluding hydrogens is 214 g/mol. The van der Waals surface area contributed by atoms with Crippen molar-refractivity contribution in [2.45, 2.75) is 25.9 Å². The van der Waals surface area contributed by atoms with Crippen molar-refractivity contribution in [1.29, 1.82) is 0 Å². The maximum atomic E-state index is 5.73. The van der Waals surface area contributed by atoms with E-state index in [2.05, 4.69) is 4.98 Å². The van der Waals surface area contributed by atoms with E-state index in [-0.39, 0.29) is 5.60 Å². The number of rotatable bonds is 5. The molecule has 0 unspecified atom stereocenters. The normalized spacial score (nSPS) is 11.5. The molecule has 0 spiro atoms. The standard InChI is InChI=1S/C11H16ClNO2/c1-11(2,14-3)5-7-15-9-4-6-13-10(12)8-9/h4,6,8H,5,7H2,1-3H3. The van der Waals surface area contributed by atoms with Crippen LogP contribution in [0.15, 0.2) is 18.3 Å². The Balaban J connectivity index is 2.38. The van der Waals surface area contributed by atoms with Crippen LogP contribution in [0.25, 0.3) is 0 Å². The van der Waals surface area contributed by atoms with Crippen molar-refractivity contribution in [1.82, 2.24) is 4.98 Å². The van der Waals surface area contributed by atoms with E-state index in [0.29, 0.717) is 11.8 Å². The third-order valence-electron chi connectivity index (χ3n) is 2.22. The van der Waals surface area contributed by atoms with Crippen LogP contribution < -0.4 is 4.74 Å². The fourth-order valence-corrected chi connectivity index (χ4v) is 1.16. The van der Waals surface area contributed by atoms with Crippen LogP contribution in [-0.4, -0.2) is 24.3 Å². The van der Waals surface area contributed by atoms with Gasteiger partial charge in [-0.25, -0.2) is 4.98 Å². The fraction of sp³-hybridized carbons (Fsp3) is 0.545. The van der Waals surface area contributed by atoms with Crippen LogP contribution in [0.2, 0.25) is 5.15 Å². The summed E-state index contributed by atoms with van der Waals surface area (Å²) < 4.78 is 10.8. The molecule has 0 bridgehead atoms. The molecule has 15 heavy (non-hydrogen) atoms. The van der Waals surface area contributed by atoms with Gasteiger partial charge in [0.15, 0.2) is 0 Å². The maximum Gasteiger partial charge on any atom is 0.132 e. The number of methoxy groups -OCH3 is 1. The molecule has 1 aromatic heterocycles. The summed E-state index contributed by atoms with van der Waals surface area (Å²) in [6.07, 6.45) is 2.45. The zero-order valence-electron chi connectivity index (χ0n) is 9.29. The number of aromatic nitrogens is 1. The van der Waals surface area contributed by atoms with Gasteiger partial charge in [-0.05, 0) is 19.9 Å². The Kier molecular flexibility index (Phi) is 4.36. The van der Waals surface area contributed by atoms with E-state index in [9.17, 15) is 0 Å². The number of hydrogen-bond acceptors (Lipinski definition) is 3. The highest BCUT2D eigenvalue weighted by Gasteiger charge is 2.15. The van der Waals surface area contributed by atoms with Gasteiger partial charge in [-0.15, -0.1) is 0 Å². The summed E-state index contributed by atoms with van der Waals surface area (Å²) in [5.41, 5.74) is -0.156. The Labute approximate surface area is 95.4 Å². The van der Waals surface area contributed by atoms with Gasteiger partial charge < -0.3 is 9.47 Å². The molecule has 1 rings (SSSR count). The number of ether oxygens (including phenoxy) is 2. The monoisotopic (exact) mass is 229 g/mol. The molecule has 3 nitrogen and oxygen atoms in total. The predicted octanol–water partition coefficient (Wildman–Crippen LogP) is 2.93. The van der Waals surface area contributed by atoms with Gasteiger partial charge in [0.05, 0.1) is 12.2 Å². The van der Waals surface area contributed by atoms with Gasteiger partial charge >= 0.3 is 0 Å². The van der Waals surface area contributed by atoms with Crippen molar-refractivity contribution in [3.63, 3.8) is 0 Å². The number of pyridine rings is 1. The highest BCUT2D eigenvalue weighted by molar-refractivity contribution is 6.29. The molecule has 0 saturated heterocycles. The molecule has 0 fully saturated rings. The Morgan fingerprint density at radius 2 is 2.20 bits per heavy atom. The zero-order valence-corrected chi connectivity index (χ0v) is 10.0. The smallest absolute Gasteiger partial charge is 0.132 e. The summed E-state index contributed by atoms with van der Waals surface area (Å²) in [7, 11) is 1.70. The van der Waals surface area contributed by atoms with E-state index >= 15 is 0 Å². The molecule has 84 valence electrons. The van der Waals surface area contributed by atoms with Crippen molar-refractivity contribution >= 4 is 11.6 Å². The van der Waals surface area contributed by atoms with Crippen LogP contribution >= 0.6 is 11.6 Å².